The van der Waals surface area contributed by atoms with Crippen molar-refractivity contribution in [1.29, 1.82) is 0 Å². The summed E-state index contributed by atoms with van der Waals surface area (Å²) in [6.45, 7) is 0.660. The average molecular weight is 402 g/mol. The van der Waals surface area contributed by atoms with Gasteiger partial charge in [-0.1, -0.05) is 11.6 Å². The molecule has 8 nitrogen and oxygen atoms in total. The van der Waals surface area contributed by atoms with Crippen molar-refractivity contribution < 1.29 is 19.3 Å². The maximum absolute atomic E-state index is 12.4. The van der Waals surface area contributed by atoms with Crippen molar-refractivity contribution in [3.05, 3.63) is 69.2 Å². The maximum Gasteiger partial charge on any atom is 0.316 e. The van der Waals surface area contributed by atoms with Gasteiger partial charge in [0.1, 0.15) is 0 Å². The summed E-state index contributed by atoms with van der Waals surface area (Å²) in [4.78, 5) is 49.8. The molecule has 1 heterocycles. The van der Waals surface area contributed by atoms with Crippen LogP contribution in [0.5, 0.6) is 0 Å². The number of hydrogen-bond acceptors (Lipinski definition) is 5. The lowest BCUT2D eigenvalue weighted by atomic mass is 10.1. The molecular formula is C19H16ClN3O5. The number of hydrogen-bond donors (Lipinski definition) is 0. The number of rotatable bonds is 6. The van der Waals surface area contributed by atoms with E-state index in [0.717, 1.165) is 0 Å². The van der Waals surface area contributed by atoms with Crippen LogP contribution < -0.4 is 4.90 Å². The molecule has 0 atom stereocenters. The Morgan fingerprint density at radius 1 is 1.00 bits per heavy atom. The van der Waals surface area contributed by atoms with Gasteiger partial charge in [-0.05, 0) is 36.4 Å². The molecule has 1 aliphatic rings. The third kappa shape index (κ3) is 4.17. The molecule has 28 heavy (non-hydrogen) atoms. The molecule has 0 spiro atoms. The van der Waals surface area contributed by atoms with E-state index >= 15 is 0 Å². The third-order valence-corrected chi connectivity index (χ3v) is 4.71. The molecule has 2 aromatic rings. The Balaban J connectivity index is 1.61. The molecule has 0 aromatic heterocycles. The van der Waals surface area contributed by atoms with Gasteiger partial charge in [0.05, 0.1) is 4.92 Å². The number of Topliss-reactive ketones (excluding diaryl/α,β-unsaturated/α-hetero) is 1. The first-order valence-electron chi connectivity index (χ1n) is 8.51. The summed E-state index contributed by atoms with van der Waals surface area (Å²) < 4.78 is 0. The van der Waals surface area contributed by atoms with Crippen LogP contribution in [0.2, 0.25) is 5.02 Å². The van der Waals surface area contributed by atoms with E-state index in [0.29, 0.717) is 16.3 Å². The minimum Gasteiger partial charge on any atom is -0.332 e. The van der Waals surface area contributed by atoms with Crippen LogP contribution in [-0.2, 0) is 9.59 Å². The van der Waals surface area contributed by atoms with Gasteiger partial charge in [-0.2, -0.15) is 0 Å². The van der Waals surface area contributed by atoms with Gasteiger partial charge in [-0.15, -0.1) is 0 Å². The summed E-state index contributed by atoms with van der Waals surface area (Å²) in [5, 5.41) is 11.3. The molecule has 2 amide bonds. The Morgan fingerprint density at radius 2 is 1.64 bits per heavy atom. The number of nitro groups is 1. The zero-order valence-electron chi connectivity index (χ0n) is 14.7. The van der Waals surface area contributed by atoms with Gasteiger partial charge in [-0.3, -0.25) is 24.5 Å². The van der Waals surface area contributed by atoms with Crippen molar-refractivity contribution >= 4 is 40.6 Å². The van der Waals surface area contributed by atoms with E-state index in [1.54, 1.807) is 24.3 Å². The highest BCUT2D eigenvalue weighted by Crippen LogP contribution is 2.22. The number of ketones is 1. The van der Waals surface area contributed by atoms with E-state index in [9.17, 15) is 24.5 Å². The second-order valence-electron chi connectivity index (χ2n) is 6.20. The zero-order valence-corrected chi connectivity index (χ0v) is 15.5. The molecule has 1 fully saturated rings. The van der Waals surface area contributed by atoms with Gasteiger partial charge in [0, 0.05) is 54.5 Å². The molecular weight excluding hydrogens is 386 g/mol. The van der Waals surface area contributed by atoms with Crippen molar-refractivity contribution in [3.8, 4) is 0 Å². The highest BCUT2D eigenvalue weighted by atomic mass is 35.5. The van der Waals surface area contributed by atoms with E-state index < -0.39 is 16.7 Å². The number of nitro benzene ring substituents is 1. The third-order valence-electron chi connectivity index (χ3n) is 4.46. The molecule has 1 aliphatic heterocycles. The van der Waals surface area contributed by atoms with Gasteiger partial charge >= 0.3 is 11.8 Å². The number of anilines is 1. The molecule has 0 radical (unpaired) electrons. The summed E-state index contributed by atoms with van der Waals surface area (Å²) in [5.41, 5.74) is 0.815. The summed E-state index contributed by atoms with van der Waals surface area (Å²) in [5.74, 6) is -1.57. The quantitative estimate of drug-likeness (QED) is 0.320. The van der Waals surface area contributed by atoms with Crippen molar-refractivity contribution in [1.82, 2.24) is 4.90 Å². The van der Waals surface area contributed by atoms with Crippen LogP contribution in [0.25, 0.3) is 0 Å². The van der Waals surface area contributed by atoms with Crippen molar-refractivity contribution in [2.24, 2.45) is 0 Å². The molecule has 0 unspecified atom stereocenters. The van der Waals surface area contributed by atoms with Crippen LogP contribution in [0.3, 0.4) is 0 Å². The lowest BCUT2D eigenvalue weighted by Crippen LogP contribution is -2.54. The van der Waals surface area contributed by atoms with Crippen molar-refractivity contribution in [3.63, 3.8) is 0 Å². The van der Waals surface area contributed by atoms with Gasteiger partial charge in [-0.25, -0.2) is 0 Å². The standard InChI is InChI=1S/C19H16ClN3O5/c20-14-3-1-13(2-4-14)17(24)9-10-21-11-12-22(19(26)18(21)25)15-5-7-16(8-6-15)23(27)28/h1-8H,9-12H2. The average Bonchev–Trinajstić information content (AvgIpc) is 2.69. The summed E-state index contributed by atoms with van der Waals surface area (Å²) in [6.07, 6.45) is 0.0954. The number of amides is 2. The Labute approximate surface area is 165 Å². The second-order valence-corrected chi connectivity index (χ2v) is 6.64. The Morgan fingerprint density at radius 3 is 2.25 bits per heavy atom. The van der Waals surface area contributed by atoms with E-state index in [-0.39, 0.29) is 37.5 Å². The van der Waals surface area contributed by atoms with E-state index in [1.807, 2.05) is 0 Å². The minimum absolute atomic E-state index is 0.0954. The SMILES string of the molecule is O=C(CCN1CCN(c2ccc([N+](=O)[O-])cc2)C(=O)C1=O)c1ccc(Cl)cc1. The van der Waals surface area contributed by atoms with Crippen LogP contribution in [0.4, 0.5) is 11.4 Å². The van der Waals surface area contributed by atoms with E-state index in [1.165, 1.54) is 34.1 Å². The molecule has 0 bridgehead atoms. The summed E-state index contributed by atoms with van der Waals surface area (Å²) >= 11 is 5.80. The smallest absolute Gasteiger partial charge is 0.316 e. The molecule has 0 N–H and O–H groups in total. The van der Waals surface area contributed by atoms with Crippen LogP contribution in [-0.4, -0.2) is 47.1 Å². The summed E-state index contributed by atoms with van der Waals surface area (Å²) in [7, 11) is 0. The maximum atomic E-state index is 12.4. The zero-order chi connectivity index (χ0) is 20.3. The fourth-order valence-electron chi connectivity index (χ4n) is 2.91. The Kier molecular flexibility index (Phi) is 5.70. The highest BCUT2D eigenvalue weighted by Gasteiger charge is 2.33. The van der Waals surface area contributed by atoms with Crippen LogP contribution >= 0.6 is 11.6 Å². The lowest BCUT2D eigenvalue weighted by molar-refractivity contribution is -0.384. The molecule has 2 aromatic carbocycles. The number of nitrogens with zero attached hydrogens (tertiary/aromatic N) is 3. The van der Waals surface area contributed by atoms with Gasteiger partial charge in [0.25, 0.3) is 5.69 Å². The van der Waals surface area contributed by atoms with Crippen LogP contribution in [0.15, 0.2) is 48.5 Å². The van der Waals surface area contributed by atoms with Gasteiger partial charge in [0.2, 0.25) is 0 Å². The van der Waals surface area contributed by atoms with Crippen molar-refractivity contribution in [2.45, 2.75) is 6.42 Å². The van der Waals surface area contributed by atoms with Crippen molar-refractivity contribution in [2.75, 3.05) is 24.5 Å². The van der Waals surface area contributed by atoms with E-state index in [2.05, 4.69) is 0 Å². The van der Waals surface area contributed by atoms with Gasteiger partial charge in [0.15, 0.2) is 5.78 Å². The molecule has 144 valence electrons. The molecule has 1 saturated heterocycles. The first-order chi connectivity index (χ1) is 13.4. The number of carbonyl (C=O) groups excluding carboxylic acids is 3. The second kappa shape index (κ2) is 8.18. The first kappa shape index (κ1) is 19.5. The minimum atomic E-state index is -0.723. The predicted octanol–water partition coefficient (Wildman–Crippen LogP) is 2.70. The highest BCUT2D eigenvalue weighted by molar-refractivity contribution is 6.41. The Bertz CT molecular complexity index is 928. The van der Waals surface area contributed by atoms with Crippen LogP contribution in [0.1, 0.15) is 16.8 Å². The largest absolute Gasteiger partial charge is 0.332 e. The fourth-order valence-corrected chi connectivity index (χ4v) is 3.03. The monoisotopic (exact) mass is 401 g/mol. The molecule has 0 aliphatic carbocycles. The van der Waals surface area contributed by atoms with Gasteiger partial charge < -0.3 is 9.80 Å². The normalized spacial score (nSPS) is 14.3. The fraction of sp³-hybridized carbons (Fsp3) is 0.211. The molecule has 9 heteroatoms. The first-order valence-corrected chi connectivity index (χ1v) is 8.88. The molecule has 0 saturated carbocycles. The lowest BCUT2D eigenvalue weighted by Gasteiger charge is -2.33. The number of non-ortho nitro benzene ring substituents is 1. The predicted molar refractivity (Wildman–Crippen MR) is 102 cm³/mol. The molecule has 3 rings (SSSR count). The number of piperazine rings is 1. The van der Waals surface area contributed by atoms with E-state index in [4.69, 9.17) is 11.6 Å². The Hall–Kier alpha value is -3.26. The summed E-state index contributed by atoms with van der Waals surface area (Å²) in [6, 6.07) is 11.9. The number of benzene rings is 2. The number of carbonyl (C=O) groups is 3. The number of halogens is 1. The van der Waals surface area contributed by atoms with Crippen LogP contribution in [0, 0.1) is 10.1 Å². The topological polar surface area (TPSA) is 101 Å².